The van der Waals surface area contributed by atoms with Crippen molar-refractivity contribution in [3.63, 3.8) is 0 Å². The average molecular weight is 243 g/mol. The van der Waals surface area contributed by atoms with Crippen molar-refractivity contribution in [3.05, 3.63) is 0 Å². The molecule has 17 heavy (non-hydrogen) atoms. The van der Waals surface area contributed by atoms with Gasteiger partial charge in [-0.1, -0.05) is 19.8 Å². The summed E-state index contributed by atoms with van der Waals surface area (Å²) >= 11 is 0. The van der Waals surface area contributed by atoms with Crippen LogP contribution in [0.1, 0.15) is 46.0 Å². The Morgan fingerprint density at radius 1 is 1.12 bits per heavy atom. The van der Waals surface area contributed by atoms with Gasteiger partial charge in [0, 0.05) is 19.2 Å². The normalized spacial score (nSPS) is 21.2. The molecule has 0 bridgehead atoms. The summed E-state index contributed by atoms with van der Waals surface area (Å²) in [7, 11) is 0. The van der Waals surface area contributed by atoms with Gasteiger partial charge in [0.15, 0.2) is 0 Å². The van der Waals surface area contributed by atoms with Crippen LogP contribution in [0.2, 0.25) is 0 Å². The third kappa shape index (κ3) is 6.39. The van der Waals surface area contributed by atoms with Crippen molar-refractivity contribution >= 4 is 0 Å². The first-order chi connectivity index (χ1) is 8.38. The summed E-state index contributed by atoms with van der Waals surface area (Å²) in [5.74, 6) is 0. The Bertz CT molecular complexity index is 176. The molecule has 0 aromatic rings. The first kappa shape index (κ1) is 14.9. The molecule has 3 heteroatoms. The lowest BCUT2D eigenvalue weighted by Gasteiger charge is -2.24. The van der Waals surface area contributed by atoms with E-state index in [4.69, 9.17) is 9.47 Å². The minimum Gasteiger partial charge on any atom is -0.379 e. The van der Waals surface area contributed by atoms with Gasteiger partial charge >= 0.3 is 0 Å². The SMILES string of the molecule is CCCCC1CCCN1CCOCCOCC. The van der Waals surface area contributed by atoms with Gasteiger partial charge in [-0.05, 0) is 32.7 Å². The third-order valence-electron chi connectivity index (χ3n) is 3.49. The second kappa shape index (κ2) is 9.86. The van der Waals surface area contributed by atoms with Gasteiger partial charge in [0.25, 0.3) is 0 Å². The van der Waals surface area contributed by atoms with Gasteiger partial charge in [0.2, 0.25) is 0 Å². The number of hydrogen-bond donors (Lipinski definition) is 0. The maximum absolute atomic E-state index is 5.58. The van der Waals surface area contributed by atoms with Crippen LogP contribution in [0.15, 0.2) is 0 Å². The summed E-state index contributed by atoms with van der Waals surface area (Å²) in [5, 5.41) is 0. The summed E-state index contributed by atoms with van der Waals surface area (Å²) in [4.78, 5) is 2.61. The Kier molecular flexibility index (Phi) is 8.67. The smallest absolute Gasteiger partial charge is 0.0701 e. The van der Waals surface area contributed by atoms with E-state index in [1.54, 1.807) is 0 Å². The molecule has 1 heterocycles. The molecule has 0 saturated carbocycles. The molecule has 0 N–H and O–H groups in total. The molecular formula is C14H29NO2. The maximum Gasteiger partial charge on any atom is 0.0701 e. The van der Waals surface area contributed by atoms with E-state index < -0.39 is 0 Å². The van der Waals surface area contributed by atoms with Gasteiger partial charge in [-0.15, -0.1) is 0 Å². The standard InChI is InChI=1S/C14H29NO2/c1-3-5-7-14-8-6-9-15(14)10-11-17-13-12-16-4-2/h14H,3-13H2,1-2H3. The Morgan fingerprint density at radius 2 is 1.94 bits per heavy atom. The van der Waals surface area contributed by atoms with E-state index in [1.165, 1.54) is 38.6 Å². The fourth-order valence-electron chi connectivity index (χ4n) is 2.50. The van der Waals surface area contributed by atoms with E-state index in [2.05, 4.69) is 11.8 Å². The second-order valence-electron chi connectivity index (χ2n) is 4.78. The van der Waals surface area contributed by atoms with Gasteiger partial charge in [0.1, 0.15) is 0 Å². The van der Waals surface area contributed by atoms with Crippen molar-refractivity contribution in [2.24, 2.45) is 0 Å². The van der Waals surface area contributed by atoms with E-state index in [9.17, 15) is 0 Å². The molecule has 1 saturated heterocycles. The van der Waals surface area contributed by atoms with E-state index in [0.717, 1.165) is 39.0 Å². The van der Waals surface area contributed by atoms with Crippen LogP contribution in [0.5, 0.6) is 0 Å². The van der Waals surface area contributed by atoms with Crippen LogP contribution in [-0.2, 0) is 9.47 Å². The quantitative estimate of drug-likeness (QED) is 0.551. The summed E-state index contributed by atoms with van der Waals surface area (Å²) in [6.45, 7) is 9.77. The molecule has 3 nitrogen and oxygen atoms in total. The molecule has 1 aliphatic heterocycles. The van der Waals surface area contributed by atoms with Crippen LogP contribution >= 0.6 is 0 Å². The lowest BCUT2D eigenvalue weighted by atomic mass is 10.1. The van der Waals surface area contributed by atoms with Gasteiger partial charge in [-0.2, -0.15) is 0 Å². The number of ether oxygens (including phenoxy) is 2. The van der Waals surface area contributed by atoms with Crippen LogP contribution in [-0.4, -0.2) is 50.5 Å². The number of hydrogen-bond acceptors (Lipinski definition) is 3. The van der Waals surface area contributed by atoms with Gasteiger partial charge < -0.3 is 9.47 Å². The molecule has 1 unspecified atom stereocenters. The molecule has 0 aromatic heterocycles. The second-order valence-corrected chi connectivity index (χ2v) is 4.78. The summed E-state index contributed by atoms with van der Waals surface area (Å²) < 4.78 is 10.8. The predicted octanol–water partition coefficient (Wildman–Crippen LogP) is 2.69. The first-order valence-electron chi connectivity index (χ1n) is 7.28. The fraction of sp³-hybridized carbons (Fsp3) is 1.00. The lowest BCUT2D eigenvalue weighted by Crippen LogP contribution is -2.32. The monoisotopic (exact) mass is 243 g/mol. The van der Waals surface area contributed by atoms with E-state index in [1.807, 2.05) is 6.92 Å². The predicted molar refractivity (Wildman–Crippen MR) is 71.4 cm³/mol. The van der Waals surface area contributed by atoms with E-state index in [-0.39, 0.29) is 0 Å². The number of rotatable bonds is 10. The molecule has 0 amide bonds. The highest BCUT2D eigenvalue weighted by Gasteiger charge is 2.22. The minimum absolute atomic E-state index is 0.732. The largest absolute Gasteiger partial charge is 0.379 e. The zero-order chi connectivity index (χ0) is 12.3. The molecule has 0 aromatic carbocycles. The van der Waals surface area contributed by atoms with Gasteiger partial charge in [-0.25, -0.2) is 0 Å². The van der Waals surface area contributed by atoms with Crippen molar-refractivity contribution in [2.75, 3.05) is 39.5 Å². The molecule has 0 radical (unpaired) electrons. The van der Waals surface area contributed by atoms with Crippen molar-refractivity contribution in [1.82, 2.24) is 4.90 Å². The molecule has 0 spiro atoms. The minimum atomic E-state index is 0.732. The number of nitrogens with zero attached hydrogens (tertiary/aromatic N) is 1. The Balaban J connectivity index is 2.00. The van der Waals surface area contributed by atoms with Crippen molar-refractivity contribution in [3.8, 4) is 0 Å². The Hall–Kier alpha value is -0.120. The van der Waals surface area contributed by atoms with E-state index >= 15 is 0 Å². The van der Waals surface area contributed by atoms with Crippen LogP contribution in [0.25, 0.3) is 0 Å². The highest BCUT2D eigenvalue weighted by molar-refractivity contribution is 4.78. The summed E-state index contributed by atoms with van der Waals surface area (Å²) in [5.41, 5.74) is 0. The first-order valence-corrected chi connectivity index (χ1v) is 7.28. The third-order valence-corrected chi connectivity index (χ3v) is 3.49. The molecule has 0 aliphatic carbocycles. The zero-order valence-corrected chi connectivity index (χ0v) is 11.6. The van der Waals surface area contributed by atoms with Crippen LogP contribution in [0.3, 0.4) is 0 Å². The Labute approximate surface area is 106 Å². The average Bonchev–Trinajstić information content (AvgIpc) is 2.78. The topological polar surface area (TPSA) is 21.7 Å². The lowest BCUT2D eigenvalue weighted by molar-refractivity contribution is 0.0409. The highest BCUT2D eigenvalue weighted by Crippen LogP contribution is 2.21. The van der Waals surface area contributed by atoms with Gasteiger partial charge in [0.05, 0.1) is 19.8 Å². The summed E-state index contributed by atoms with van der Waals surface area (Å²) in [6.07, 6.45) is 6.81. The van der Waals surface area contributed by atoms with Crippen LogP contribution in [0, 0.1) is 0 Å². The van der Waals surface area contributed by atoms with Crippen molar-refractivity contribution < 1.29 is 9.47 Å². The summed E-state index contributed by atoms with van der Waals surface area (Å²) in [6, 6.07) is 0.824. The van der Waals surface area contributed by atoms with Crippen molar-refractivity contribution in [1.29, 1.82) is 0 Å². The maximum atomic E-state index is 5.58. The molecule has 1 atom stereocenters. The highest BCUT2D eigenvalue weighted by atomic mass is 16.5. The molecule has 102 valence electrons. The molecule has 1 rings (SSSR count). The van der Waals surface area contributed by atoms with Crippen LogP contribution in [0.4, 0.5) is 0 Å². The number of likely N-dealkylation sites (tertiary alicyclic amines) is 1. The Morgan fingerprint density at radius 3 is 2.71 bits per heavy atom. The molecule has 1 aliphatic rings. The van der Waals surface area contributed by atoms with Crippen LogP contribution < -0.4 is 0 Å². The number of unbranched alkanes of at least 4 members (excludes halogenated alkanes) is 1. The molecular weight excluding hydrogens is 214 g/mol. The van der Waals surface area contributed by atoms with Crippen molar-refractivity contribution in [2.45, 2.75) is 52.0 Å². The zero-order valence-electron chi connectivity index (χ0n) is 11.6. The fourth-order valence-corrected chi connectivity index (χ4v) is 2.50. The molecule has 1 fully saturated rings. The van der Waals surface area contributed by atoms with E-state index in [0.29, 0.717) is 0 Å². The van der Waals surface area contributed by atoms with Gasteiger partial charge in [-0.3, -0.25) is 4.90 Å².